The van der Waals surface area contributed by atoms with E-state index in [1.165, 1.54) is 0 Å². The Hall–Kier alpha value is -1.25. The molecular weight excluding hydrogens is 300 g/mol. The van der Waals surface area contributed by atoms with E-state index in [4.69, 9.17) is 16.0 Å². The van der Waals surface area contributed by atoms with Crippen molar-refractivity contribution in [1.29, 1.82) is 0 Å². The van der Waals surface area contributed by atoms with Gasteiger partial charge in [0, 0.05) is 16.0 Å². The Balaban J connectivity index is 2.28. The lowest BCUT2D eigenvalue weighted by molar-refractivity contribution is 0.615. The Labute approximate surface area is 112 Å². The van der Waals surface area contributed by atoms with E-state index in [-0.39, 0.29) is 0 Å². The maximum atomic E-state index is 6.00. The maximum Gasteiger partial charge on any atom is 0.148 e. The summed E-state index contributed by atoms with van der Waals surface area (Å²) in [7, 11) is 0. The van der Waals surface area contributed by atoms with Gasteiger partial charge < -0.3 is 4.42 Å². The van der Waals surface area contributed by atoms with Crippen molar-refractivity contribution in [3.8, 4) is 11.1 Å². The first-order valence-electron chi connectivity index (χ1n) is 5.17. The molecule has 0 radical (unpaired) electrons. The molecular formula is C14H8BrClO. The molecule has 2 aromatic carbocycles. The highest BCUT2D eigenvalue weighted by Crippen LogP contribution is 2.34. The molecule has 3 heteroatoms. The highest BCUT2D eigenvalue weighted by atomic mass is 79.9. The summed E-state index contributed by atoms with van der Waals surface area (Å²) in [5.41, 5.74) is 2.99. The van der Waals surface area contributed by atoms with Gasteiger partial charge in [-0.25, -0.2) is 0 Å². The fourth-order valence-electron chi connectivity index (χ4n) is 1.90. The van der Waals surface area contributed by atoms with Crippen LogP contribution in [0.5, 0.6) is 0 Å². The first-order valence-corrected chi connectivity index (χ1v) is 6.34. The molecule has 3 rings (SSSR count). The molecule has 3 aromatic rings. The van der Waals surface area contributed by atoms with Gasteiger partial charge in [-0.1, -0.05) is 35.9 Å². The van der Waals surface area contributed by atoms with Crippen molar-refractivity contribution < 1.29 is 4.42 Å². The molecule has 0 aliphatic carbocycles. The van der Waals surface area contributed by atoms with E-state index in [0.717, 1.165) is 31.6 Å². The van der Waals surface area contributed by atoms with E-state index in [2.05, 4.69) is 15.9 Å². The fraction of sp³-hybridized carbons (Fsp3) is 0. The third kappa shape index (κ3) is 1.88. The molecule has 17 heavy (non-hydrogen) atoms. The summed E-state index contributed by atoms with van der Waals surface area (Å²) in [6.07, 6.45) is 1.76. The third-order valence-electron chi connectivity index (χ3n) is 2.69. The van der Waals surface area contributed by atoms with Crippen LogP contribution in [0.2, 0.25) is 5.02 Å². The van der Waals surface area contributed by atoms with Gasteiger partial charge in [-0.2, -0.15) is 0 Å². The van der Waals surface area contributed by atoms with Crippen LogP contribution < -0.4 is 0 Å². The summed E-state index contributed by atoms with van der Waals surface area (Å²) < 4.78 is 6.55. The maximum absolute atomic E-state index is 6.00. The Kier molecular flexibility index (Phi) is 2.69. The van der Waals surface area contributed by atoms with Gasteiger partial charge in [0.05, 0.1) is 10.7 Å². The molecule has 1 heterocycles. The second-order valence-corrected chi connectivity index (χ2v) is 5.07. The molecule has 84 valence electrons. The molecule has 1 nitrogen and oxygen atoms in total. The molecule has 0 bridgehead atoms. The predicted molar refractivity (Wildman–Crippen MR) is 74.4 cm³/mol. The quantitative estimate of drug-likeness (QED) is 0.577. The number of fused-ring (bicyclic) bond motifs is 1. The smallest absolute Gasteiger partial charge is 0.148 e. The number of furan rings is 1. The second kappa shape index (κ2) is 4.21. The Bertz CT molecular complexity index is 688. The molecule has 0 N–H and O–H groups in total. The number of benzene rings is 2. The second-order valence-electron chi connectivity index (χ2n) is 3.78. The Morgan fingerprint density at radius 3 is 2.71 bits per heavy atom. The van der Waals surface area contributed by atoms with Crippen molar-refractivity contribution in [1.82, 2.24) is 0 Å². The summed E-state index contributed by atoms with van der Waals surface area (Å²) in [4.78, 5) is 0. The molecule has 0 atom stereocenters. The van der Waals surface area contributed by atoms with E-state index in [9.17, 15) is 0 Å². The number of hydrogen-bond donors (Lipinski definition) is 0. The van der Waals surface area contributed by atoms with E-state index in [1.54, 1.807) is 6.26 Å². The first kappa shape index (κ1) is 10.9. The Morgan fingerprint density at radius 2 is 1.88 bits per heavy atom. The summed E-state index contributed by atoms with van der Waals surface area (Å²) in [6, 6.07) is 13.8. The molecule has 0 aliphatic heterocycles. The van der Waals surface area contributed by atoms with Crippen LogP contribution in [-0.2, 0) is 0 Å². The first-order chi connectivity index (χ1) is 8.25. The standard InChI is InChI=1S/C14H8BrClO/c15-13-6-2-5-11-12(8-17-14(11)13)9-3-1-4-10(16)7-9/h1-8H. The van der Waals surface area contributed by atoms with Crippen LogP contribution in [0.3, 0.4) is 0 Å². The van der Waals surface area contributed by atoms with Crippen LogP contribution in [0.4, 0.5) is 0 Å². The van der Waals surface area contributed by atoms with Crippen LogP contribution in [0.25, 0.3) is 22.1 Å². The number of hydrogen-bond acceptors (Lipinski definition) is 1. The van der Waals surface area contributed by atoms with E-state index >= 15 is 0 Å². The number of halogens is 2. The highest BCUT2D eigenvalue weighted by Gasteiger charge is 2.10. The zero-order valence-electron chi connectivity index (χ0n) is 8.78. The topological polar surface area (TPSA) is 13.1 Å². The zero-order valence-corrected chi connectivity index (χ0v) is 11.1. The largest absolute Gasteiger partial charge is 0.462 e. The predicted octanol–water partition coefficient (Wildman–Crippen LogP) is 5.52. The minimum Gasteiger partial charge on any atom is -0.462 e. The van der Waals surface area contributed by atoms with Crippen LogP contribution in [0, 0.1) is 0 Å². The van der Waals surface area contributed by atoms with Crippen molar-refractivity contribution in [2.24, 2.45) is 0 Å². The molecule has 1 aromatic heterocycles. The zero-order chi connectivity index (χ0) is 11.8. The van der Waals surface area contributed by atoms with Crippen LogP contribution in [-0.4, -0.2) is 0 Å². The van der Waals surface area contributed by atoms with Gasteiger partial charge in [0.1, 0.15) is 5.58 Å². The SMILES string of the molecule is Clc1cccc(-c2coc3c(Br)cccc23)c1. The summed E-state index contributed by atoms with van der Waals surface area (Å²) >= 11 is 9.48. The molecule has 0 amide bonds. The number of rotatable bonds is 1. The Morgan fingerprint density at radius 1 is 1.06 bits per heavy atom. The molecule has 0 saturated carbocycles. The molecule has 0 unspecified atom stereocenters. The summed E-state index contributed by atoms with van der Waals surface area (Å²) in [6.45, 7) is 0. The summed E-state index contributed by atoms with van der Waals surface area (Å²) in [5, 5.41) is 1.81. The van der Waals surface area contributed by atoms with Crippen molar-refractivity contribution in [3.05, 3.63) is 58.2 Å². The normalized spacial score (nSPS) is 10.9. The average molecular weight is 308 g/mol. The van der Waals surface area contributed by atoms with Gasteiger partial charge in [0.15, 0.2) is 0 Å². The van der Waals surface area contributed by atoms with E-state index in [0.29, 0.717) is 0 Å². The summed E-state index contributed by atoms with van der Waals surface area (Å²) in [5.74, 6) is 0. The van der Waals surface area contributed by atoms with Gasteiger partial charge in [0.25, 0.3) is 0 Å². The molecule has 0 fully saturated rings. The van der Waals surface area contributed by atoms with E-state index < -0.39 is 0 Å². The lowest BCUT2D eigenvalue weighted by atomic mass is 10.1. The van der Waals surface area contributed by atoms with Gasteiger partial charge in [-0.15, -0.1) is 0 Å². The van der Waals surface area contributed by atoms with E-state index in [1.807, 2.05) is 42.5 Å². The van der Waals surface area contributed by atoms with Crippen molar-refractivity contribution in [2.75, 3.05) is 0 Å². The van der Waals surface area contributed by atoms with Crippen LogP contribution in [0.1, 0.15) is 0 Å². The fourth-order valence-corrected chi connectivity index (χ4v) is 2.55. The average Bonchev–Trinajstić information content (AvgIpc) is 2.74. The lowest BCUT2D eigenvalue weighted by Crippen LogP contribution is -1.75. The van der Waals surface area contributed by atoms with Crippen LogP contribution in [0.15, 0.2) is 57.6 Å². The van der Waals surface area contributed by atoms with Gasteiger partial charge >= 0.3 is 0 Å². The van der Waals surface area contributed by atoms with Gasteiger partial charge in [0.2, 0.25) is 0 Å². The van der Waals surface area contributed by atoms with Crippen molar-refractivity contribution in [3.63, 3.8) is 0 Å². The third-order valence-corrected chi connectivity index (χ3v) is 3.55. The minimum atomic E-state index is 0.729. The van der Waals surface area contributed by atoms with Crippen LogP contribution >= 0.6 is 27.5 Å². The highest BCUT2D eigenvalue weighted by molar-refractivity contribution is 9.10. The van der Waals surface area contributed by atoms with Gasteiger partial charge in [-0.05, 0) is 39.7 Å². The molecule has 0 aliphatic rings. The lowest BCUT2D eigenvalue weighted by Gasteiger charge is -1.99. The van der Waals surface area contributed by atoms with Crippen molar-refractivity contribution >= 4 is 38.5 Å². The minimum absolute atomic E-state index is 0.729. The number of para-hydroxylation sites is 1. The molecule has 0 spiro atoms. The monoisotopic (exact) mass is 306 g/mol. The van der Waals surface area contributed by atoms with Crippen molar-refractivity contribution in [2.45, 2.75) is 0 Å². The van der Waals surface area contributed by atoms with Gasteiger partial charge in [-0.3, -0.25) is 0 Å². The molecule has 0 saturated heterocycles.